The third kappa shape index (κ3) is 4.54. The van der Waals surface area contributed by atoms with Crippen LogP contribution in [0.25, 0.3) is 0 Å². The van der Waals surface area contributed by atoms with Crippen LogP contribution in [-0.2, 0) is 16.1 Å². The quantitative estimate of drug-likeness (QED) is 0.508. The van der Waals surface area contributed by atoms with Crippen molar-refractivity contribution in [1.29, 1.82) is 0 Å². The molecule has 1 atom stereocenters. The number of imide groups is 1. The number of aromatic nitrogens is 2. The average molecular weight is 512 g/mol. The van der Waals surface area contributed by atoms with E-state index in [2.05, 4.69) is 10.2 Å². The molecule has 0 bridgehead atoms. The highest BCUT2D eigenvalue weighted by atomic mass is 16.5. The summed E-state index contributed by atoms with van der Waals surface area (Å²) in [5.74, 6) is -0.186. The molecule has 6 rings (SSSR count). The zero-order valence-electron chi connectivity index (χ0n) is 21.4. The van der Waals surface area contributed by atoms with Crippen LogP contribution in [0, 0.1) is 13.8 Å². The Hall–Kier alpha value is -4.11. The average Bonchev–Trinajstić information content (AvgIpc) is 3.18. The van der Waals surface area contributed by atoms with E-state index in [9.17, 15) is 14.4 Å². The van der Waals surface area contributed by atoms with Crippen LogP contribution in [0.15, 0.2) is 54.6 Å². The number of pyridine rings is 2. The number of piperidine rings is 1. The lowest BCUT2D eigenvalue weighted by Crippen LogP contribution is -2.55. The third-order valence-electron chi connectivity index (χ3n) is 7.42. The van der Waals surface area contributed by atoms with Crippen LogP contribution in [0.5, 0.6) is 5.75 Å². The standard InChI is InChI=1S/C29H29N5O4/c1-17-5-3-7-23(30-17)27(24-8-4-6-18(2)31-24)33-15-21(16-33)38-20-9-10-22-19(13-20)14-34(29(22)37)25-11-12-26(35)32-28(25)36/h3-10,13,21,25,27H,11-12,14-16H2,1-2H3,(H,32,35,36). The number of likely N-dealkylation sites (tertiary alicyclic amines) is 1. The number of nitrogens with one attached hydrogen (secondary N) is 1. The first-order valence-corrected chi connectivity index (χ1v) is 12.9. The number of ether oxygens (including phenoxy) is 1. The number of carbonyl (C=O) groups is 3. The molecule has 3 aliphatic heterocycles. The maximum Gasteiger partial charge on any atom is 0.255 e. The first-order valence-electron chi connectivity index (χ1n) is 12.9. The molecule has 194 valence electrons. The predicted octanol–water partition coefficient (Wildman–Crippen LogP) is 2.71. The maximum atomic E-state index is 13.0. The van der Waals surface area contributed by atoms with Crippen molar-refractivity contribution in [2.75, 3.05) is 13.1 Å². The van der Waals surface area contributed by atoms with Crippen molar-refractivity contribution in [3.63, 3.8) is 0 Å². The van der Waals surface area contributed by atoms with Gasteiger partial charge >= 0.3 is 0 Å². The van der Waals surface area contributed by atoms with E-state index in [1.54, 1.807) is 11.0 Å². The van der Waals surface area contributed by atoms with E-state index in [1.165, 1.54) is 0 Å². The van der Waals surface area contributed by atoms with Crippen LogP contribution in [0.1, 0.15) is 57.6 Å². The van der Waals surface area contributed by atoms with Gasteiger partial charge in [0.05, 0.1) is 17.4 Å². The van der Waals surface area contributed by atoms with E-state index in [-0.39, 0.29) is 30.4 Å². The zero-order chi connectivity index (χ0) is 26.4. The fraction of sp³-hybridized carbons (Fsp3) is 0.345. The molecule has 1 N–H and O–H groups in total. The summed E-state index contributed by atoms with van der Waals surface area (Å²) in [4.78, 5) is 50.2. The van der Waals surface area contributed by atoms with Gasteiger partial charge in [-0.2, -0.15) is 0 Å². The van der Waals surface area contributed by atoms with Gasteiger partial charge in [0.15, 0.2) is 0 Å². The van der Waals surface area contributed by atoms with Crippen LogP contribution in [0.3, 0.4) is 0 Å². The minimum atomic E-state index is -0.625. The lowest BCUT2D eigenvalue weighted by Gasteiger charge is -2.43. The minimum absolute atomic E-state index is 0.00601. The van der Waals surface area contributed by atoms with E-state index in [0.29, 0.717) is 37.4 Å². The highest BCUT2D eigenvalue weighted by Crippen LogP contribution is 2.34. The summed E-state index contributed by atoms with van der Waals surface area (Å²) in [6, 6.07) is 16.9. The van der Waals surface area contributed by atoms with Gasteiger partial charge in [0.2, 0.25) is 11.8 Å². The van der Waals surface area contributed by atoms with E-state index in [4.69, 9.17) is 14.7 Å². The number of nitrogens with zero attached hydrogens (tertiary/aromatic N) is 4. The number of rotatable bonds is 6. The van der Waals surface area contributed by atoms with Crippen molar-refractivity contribution in [1.82, 2.24) is 25.1 Å². The Balaban J connectivity index is 1.14. The first kappa shape index (κ1) is 24.2. The minimum Gasteiger partial charge on any atom is -0.488 e. The second kappa shape index (κ2) is 9.64. The van der Waals surface area contributed by atoms with Gasteiger partial charge in [-0.15, -0.1) is 0 Å². The Bertz CT molecular complexity index is 1390. The van der Waals surface area contributed by atoms with Gasteiger partial charge in [-0.25, -0.2) is 0 Å². The van der Waals surface area contributed by atoms with Crippen LogP contribution in [0.2, 0.25) is 0 Å². The molecule has 38 heavy (non-hydrogen) atoms. The summed E-state index contributed by atoms with van der Waals surface area (Å²) < 4.78 is 6.29. The summed E-state index contributed by atoms with van der Waals surface area (Å²) in [6.45, 7) is 5.75. The molecule has 1 unspecified atom stereocenters. The molecule has 9 nitrogen and oxygen atoms in total. The molecule has 1 aromatic carbocycles. The fourth-order valence-electron chi connectivity index (χ4n) is 5.53. The molecule has 0 aliphatic carbocycles. The summed E-state index contributed by atoms with van der Waals surface area (Å²) in [5.41, 5.74) is 5.27. The normalized spacial score (nSPS) is 19.9. The largest absolute Gasteiger partial charge is 0.488 e. The Kier molecular flexibility index (Phi) is 6.15. The van der Waals surface area contributed by atoms with E-state index >= 15 is 0 Å². The summed E-state index contributed by atoms with van der Waals surface area (Å²) in [6.07, 6.45) is 0.576. The Labute approximate surface area is 220 Å². The number of amides is 3. The molecule has 0 spiro atoms. The molecule has 2 saturated heterocycles. The van der Waals surface area contributed by atoms with E-state index < -0.39 is 11.9 Å². The number of benzene rings is 1. The smallest absolute Gasteiger partial charge is 0.255 e. The van der Waals surface area contributed by atoms with Crippen LogP contribution in [0.4, 0.5) is 0 Å². The molecule has 5 heterocycles. The highest BCUT2D eigenvalue weighted by Gasteiger charge is 2.40. The topological polar surface area (TPSA) is 105 Å². The lowest BCUT2D eigenvalue weighted by atomic mass is 10.00. The predicted molar refractivity (Wildman–Crippen MR) is 138 cm³/mol. The summed E-state index contributed by atoms with van der Waals surface area (Å²) in [7, 11) is 0. The molecule has 3 aromatic rings. The van der Waals surface area contributed by atoms with Crippen molar-refractivity contribution in [3.05, 3.63) is 88.5 Å². The third-order valence-corrected chi connectivity index (χ3v) is 7.42. The van der Waals surface area contributed by atoms with Gasteiger partial charge in [0, 0.05) is 43.0 Å². The first-order chi connectivity index (χ1) is 18.4. The maximum absolute atomic E-state index is 13.0. The van der Waals surface area contributed by atoms with Crippen molar-refractivity contribution in [3.8, 4) is 5.75 Å². The summed E-state index contributed by atoms with van der Waals surface area (Å²) in [5, 5.41) is 2.34. The van der Waals surface area contributed by atoms with Crippen molar-refractivity contribution >= 4 is 17.7 Å². The van der Waals surface area contributed by atoms with Crippen LogP contribution >= 0.6 is 0 Å². The Morgan fingerprint density at radius 1 is 0.947 bits per heavy atom. The van der Waals surface area contributed by atoms with Gasteiger partial charge < -0.3 is 9.64 Å². The lowest BCUT2D eigenvalue weighted by molar-refractivity contribution is -0.136. The van der Waals surface area contributed by atoms with Crippen LogP contribution in [-0.4, -0.2) is 62.7 Å². The zero-order valence-corrected chi connectivity index (χ0v) is 21.4. The molecule has 2 aromatic heterocycles. The fourth-order valence-corrected chi connectivity index (χ4v) is 5.53. The van der Waals surface area contributed by atoms with Crippen molar-refractivity contribution < 1.29 is 19.1 Å². The molecule has 9 heteroatoms. The van der Waals surface area contributed by atoms with Crippen molar-refractivity contribution in [2.45, 2.75) is 51.4 Å². The van der Waals surface area contributed by atoms with Gasteiger partial charge in [-0.3, -0.25) is 34.6 Å². The Morgan fingerprint density at radius 2 is 1.63 bits per heavy atom. The highest BCUT2D eigenvalue weighted by molar-refractivity contribution is 6.05. The number of carbonyl (C=O) groups excluding carboxylic acids is 3. The Morgan fingerprint density at radius 3 is 2.26 bits per heavy atom. The SMILES string of the molecule is Cc1cccc(C(c2cccc(C)n2)N2CC(Oc3ccc4c(c3)CN(C3CCC(=O)NC3=O)C4=O)C2)n1. The van der Waals surface area contributed by atoms with Gasteiger partial charge in [0.1, 0.15) is 17.9 Å². The van der Waals surface area contributed by atoms with Crippen molar-refractivity contribution in [2.24, 2.45) is 0 Å². The number of hydrogen-bond acceptors (Lipinski definition) is 7. The number of aryl methyl sites for hydroxylation is 2. The molecule has 0 saturated carbocycles. The van der Waals surface area contributed by atoms with Gasteiger partial charge in [-0.1, -0.05) is 12.1 Å². The molecule has 3 amide bonds. The molecule has 0 radical (unpaired) electrons. The van der Waals surface area contributed by atoms with Gasteiger partial charge in [0.25, 0.3) is 5.91 Å². The monoisotopic (exact) mass is 511 g/mol. The second-order valence-electron chi connectivity index (χ2n) is 10.2. The molecule has 2 fully saturated rings. The summed E-state index contributed by atoms with van der Waals surface area (Å²) >= 11 is 0. The van der Waals surface area contributed by atoms with Gasteiger partial charge in [-0.05, 0) is 68.3 Å². The number of hydrogen-bond donors (Lipinski definition) is 1. The van der Waals surface area contributed by atoms with Crippen LogP contribution < -0.4 is 10.1 Å². The van der Waals surface area contributed by atoms with E-state index in [0.717, 1.165) is 28.3 Å². The molecular weight excluding hydrogens is 482 g/mol. The number of fused-ring (bicyclic) bond motifs is 1. The second-order valence-corrected chi connectivity index (χ2v) is 10.2. The molecule has 3 aliphatic rings. The molecular formula is C29H29N5O4. The van der Waals surface area contributed by atoms with E-state index in [1.807, 2.05) is 62.4 Å².